The molecule has 0 saturated heterocycles. The van der Waals surface area contributed by atoms with Crippen LogP contribution in [-0.4, -0.2) is 47.6 Å². The van der Waals surface area contributed by atoms with Crippen LogP contribution in [0.5, 0.6) is 0 Å². The second kappa shape index (κ2) is 8.26. The van der Waals surface area contributed by atoms with Gasteiger partial charge in [-0.2, -0.15) is 0 Å². The van der Waals surface area contributed by atoms with Crippen LogP contribution in [0.2, 0.25) is 0 Å². The number of aryl methyl sites for hydroxylation is 1. The fourth-order valence-corrected chi connectivity index (χ4v) is 3.40. The van der Waals surface area contributed by atoms with Gasteiger partial charge in [0.1, 0.15) is 4.88 Å². The lowest BCUT2D eigenvalue weighted by Gasteiger charge is -2.29. The number of amides is 1. The molecule has 0 aliphatic rings. The van der Waals surface area contributed by atoms with E-state index < -0.39 is 0 Å². The highest BCUT2D eigenvalue weighted by molar-refractivity contribution is 7.17. The van der Waals surface area contributed by atoms with E-state index in [0.717, 1.165) is 16.4 Å². The molecule has 1 heterocycles. The van der Waals surface area contributed by atoms with Gasteiger partial charge in [-0.3, -0.25) is 4.79 Å². The maximum absolute atomic E-state index is 13.1. The highest BCUT2D eigenvalue weighted by atomic mass is 32.1. The third kappa shape index (κ3) is 4.33. The van der Waals surface area contributed by atoms with Crippen molar-refractivity contribution < 1.29 is 9.90 Å². The monoisotopic (exact) mass is 347 g/mol. The summed E-state index contributed by atoms with van der Waals surface area (Å²) in [6, 6.07) is 9.87. The van der Waals surface area contributed by atoms with Crippen LogP contribution < -0.4 is 4.90 Å². The summed E-state index contributed by atoms with van der Waals surface area (Å²) in [6.07, 6.45) is 0.553. The number of benzene rings is 1. The van der Waals surface area contributed by atoms with Gasteiger partial charge in [-0.05, 0) is 25.8 Å². The molecule has 1 N–H and O–H groups in total. The smallest absolute Gasteiger partial charge is 0.266 e. The standard InChI is InChI=1S/C18H25N3O2S/c1-13(10-11-22)21(12-15-8-6-5-7-9-15)17(23)16-14(2)19-18(24-16)20(3)4/h5-9,13,22H,10-12H2,1-4H3. The van der Waals surface area contributed by atoms with E-state index in [0.29, 0.717) is 17.8 Å². The van der Waals surface area contributed by atoms with Crippen LogP contribution in [0.15, 0.2) is 30.3 Å². The SMILES string of the molecule is Cc1nc(N(C)C)sc1C(=O)N(Cc1ccccc1)C(C)CCO. The Hall–Kier alpha value is -1.92. The number of nitrogens with zero attached hydrogens (tertiary/aromatic N) is 3. The molecule has 1 aromatic carbocycles. The van der Waals surface area contributed by atoms with Crippen molar-refractivity contribution in [3.8, 4) is 0 Å². The van der Waals surface area contributed by atoms with Crippen LogP contribution in [0.25, 0.3) is 0 Å². The van der Waals surface area contributed by atoms with Gasteiger partial charge in [-0.1, -0.05) is 41.7 Å². The highest BCUT2D eigenvalue weighted by Gasteiger charge is 2.25. The molecule has 0 aliphatic carbocycles. The zero-order chi connectivity index (χ0) is 17.7. The van der Waals surface area contributed by atoms with E-state index in [1.807, 2.05) is 68.1 Å². The number of hydrogen-bond acceptors (Lipinski definition) is 5. The molecule has 1 amide bonds. The number of carbonyl (C=O) groups is 1. The van der Waals surface area contributed by atoms with Gasteiger partial charge in [0.05, 0.1) is 5.69 Å². The summed E-state index contributed by atoms with van der Waals surface area (Å²) >= 11 is 1.41. The summed E-state index contributed by atoms with van der Waals surface area (Å²) in [5.74, 6) is -0.0251. The number of aliphatic hydroxyl groups is 1. The number of rotatable bonds is 7. The van der Waals surface area contributed by atoms with E-state index in [1.54, 1.807) is 0 Å². The van der Waals surface area contributed by atoms with E-state index in [4.69, 9.17) is 0 Å². The largest absolute Gasteiger partial charge is 0.396 e. The summed E-state index contributed by atoms with van der Waals surface area (Å²) in [5.41, 5.74) is 1.83. The van der Waals surface area contributed by atoms with Crippen molar-refractivity contribution in [2.24, 2.45) is 0 Å². The van der Waals surface area contributed by atoms with Gasteiger partial charge in [0, 0.05) is 33.3 Å². The number of carbonyl (C=O) groups excluding carboxylic acids is 1. The lowest BCUT2D eigenvalue weighted by atomic mass is 10.1. The predicted molar refractivity (Wildman–Crippen MR) is 98.7 cm³/mol. The van der Waals surface area contributed by atoms with Gasteiger partial charge in [0.2, 0.25) is 0 Å². The van der Waals surface area contributed by atoms with Crippen molar-refractivity contribution in [3.05, 3.63) is 46.5 Å². The minimum atomic E-state index is -0.0491. The van der Waals surface area contributed by atoms with Gasteiger partial charge in [-0.25, -0.2) is 4.98 Å². The molecule has 1 atom stereocenters. The Balaban J connectivity index is 2.30. The van der Waals surface area contributed by atoms with Gasteiger partial charge in [0.25, 0.3) is 5.91 Å². The fourth-order valence-electron chi connectivity index (χ4n) is 2.45. The third-order valence-corrected chi connectivity index (χ3v) is 5.21. The van der Waals surface area contributed by atoms with Gasteiger partial charge < -0.3 is 14.9 Å². The number of hydrogen-bond donors (Lipinski definition) is 1. The first-order valence-corrected chi connectivity index (χ1v) is 8.86. The van der Waals surface area contributed by atoms with Crippen LogP contribution in [0, 0.1) is 6.92 Å². The summed E-state index contributed by atoms with van der Waals surface area (Å²) < 4.78 is 0. The van der Waals surface area contributed by atoms with E-state index in [1.165, 1.54) is 11.3 Å². The molecule has 0 saturated carbocycles. The molecule has 6 heteroatoms. The van der Waals surface area contributed by atoms with E-state index in [9.17, 15) is 9.90 Å². The Bertz CT molecular complexity index is 670. The molecule has 0 radical (unpaired) electrons. The lowest BCUT2D eigenvalue weighted by Crippen LogP contribution is -2.38. The minimum Gasteiger partial charge on any atom is -0.396 e. The summed E-state index contributed by atoms with van der Waals surface area (Å²) in [4.78, 5) is 22.0. The van der Waals surface area contributed by atoms with Crippen LogP contribution in [0.1, 0.15) is 34.3 Å². The first-order valence-electron chi connectivity index (χ1n) is 8.04. The van der Waals surface area contributed by atoms with Crippen molar-refractivity contribution in [1.82, 2.24) is 9.88 Å². The number of anilines is 1. The summed E-state index contributed by atoms with van der Waals surface area (Å²) in [7, 11) is 3.84. The van der Waals surface area contributed by atoms with Crippen LogP contribution in [-0.2, 0) is 6.54 Å². The van der Waals surface area contributed by atoms with E-state index >= 15 is 0 Å². The summed E-state index contributed by atoms with van der Waals surface area (Å²) in [6.45, 7) is 4.42. The number of thiazole rings is 1. The maximum Gasteiger partial charge on any atom is 0.266 e. The van der Waals surface area contributed by atoms with Gasteiger partial charge >= 0.3 is 0 Å². The predicted octanol–water partition coefficient (Wildman–Crippen LogP) is 2.93. The Labute approximate surface area is 147 Å². The first-order chi connectivity index (χ1) is 11.4. The number of aliphatic hydroxyl groups excluding tert-OH is 1. The molecule has 1 aromatic heterocycles. The highest BCUT2D eigenvalue weighted by Crippen LogP contribution is 2.27. The molecule has 5 nitrogen and oxygen atoms in total. The molecule has 2 aromatic rings. The average Bonchev–Trinajstić information content (AvgIpc) is 2.95. The molecule has 0 fully saturated rings. The van der Waals surface area contributed by atoms with Crippen molar-refractivity contribution >= 4 is 22.4 Å². The van der Waals surface area contributed by atoms with Crippen LogP contribution >= 0.6 is 11.3 Å². The summed E-state index contributed by atoms with van der Waals surface area (Å²) in [5, 5.41) is 10.1. The molecular weight excluding hydrogens is 322 g/mol. The van der Waals surface area contributed by atoms with Crippen LogP contribution in [0.3, 0.4) is 0 Å². The Morgan fingerprint density at radius 3 is 2.50 bits per heavy atom. The van der Waals surface area contributed by atoms with E-state index in [-0.39, 0.29) is 18.6 Å². The van der Waals surface area contributed by atoms with Crippen molar-refractivity contribution in [1.29, 1.82) is 0 Å². The molecule has 24 heavy (non-hydrogen) atoms. The Kier molecular flexibility index (Phi) is 6.34. The van der Waals surface area contributed by atoms with Gasteiger partial charge in [0.15, 0.2) is 5.13 Å². The first kappa shape index (κ1) is 18.4. The topological polar surface area (TPSA) is 56.7 Å². The quantitative estimate of drug-likeness (QED) is 0.837. The molecule has 0 aliphatic heterocycles. The second-order valence-electron chi connectivity index (χ2n) is 6.09. The molecule has 130 valence electrons. The maximum atomic E-state index is 13.1. The molecule has 1 unspecified atom stereocenters. The average molecular weight is 347 g/mol. The zero-order valence-electron chi connectivity index (χ0n) is 14.7. The molecular formula is C18H25N3O2S. The minimum absolute atomic E-state index is 0.0251. The normalized spacial score (nSPS) is 12.0. The number of aromatic nitrogens is 1. The molecule has 2 rings (SSSR count). The van der Waals surface area contributed by atoms with Crippen molar-refractivity contribution in [2.45, 2.75) is 32.9 Å². The Morgan fingerprint density at radius 1 is 1.29 bits per heavy atom. The van der Waals surface area contributed by atoms with Crippen LogP contribution in [0.4, 0.5) is 5.13 Å². The van der Waals surface area contributed by atoms with E-state index in [2.05, 4.69) is 4.98 Å². The fraction of sp³-hybridized carbons (Fsp3) is 0.444. The molecule has 0 spiro atoms. The van der Waals surface area contributed by atoms with Crippen molar-refractivity contribution in [2.75, 3.05) is 25.6 Å². The second-order valence-corrected chi connectivity index (χ2v) is 7.06. The van der Waals surface area contributed by atoms with Gasteiger partial charge in [-0.15, -0.1) is 0 Å². The molecule has 0 bridgehead atoms. The zero-order valence-corrected chi connectivity index (χ0v) is 15.5. The lowest BCUT2D eigenvalue weighted by molar-refractivity contribution is 0.0652. The third-order valence-electron chi connectivity index (χ3n) is 3.90. The Morgan fingerprint density at radius 2 is 1.96 bits per heavy atom. The van der Waals surface area contributed by atoms with Crippen molar-refractivity contribution in [3.63, 3.8) is 0 Å².